The second kappa shape index (κ2) is 7.77. The third-order valence-corrected chi connectivity index (χ3v) is 6.18. The maximum Gasteiger partial charge on any atom is 0.259 e. The highest BCUT2D eigenvalue weighted by molar-refractivity contribution is 5.96. The average Bonchev–Trinajstić information content (AvgIpc) is 3.37. The minimum absolute atomic E-state index is 0.0447. The van der Waals surface area contributed by atoms with Crippen molar-refractivity contribution in [3.8, 4) is 0 Å². The van der Waals surface area contributed by atoms with E-state index in [0.717, 1.165) is 17.7 Å². The second-order valence-electron chi connectivity index (χ2n) is 8.36. The van der Waals surface area contributed by atoms with Gasteiger partial charge in [-0.3, -0.25) is 4.79 Å². The summed E-state index contributed by atoms with van der Waals surface area (Å²) in [6.45, 7) is 6.46. The van der Waals surface area contributed by atoms with Crippen LogP contribution < -0.4 is 5.32 Å². The third kappa shape index (κ3) is 3.57. The van der Waals surface area contributed by atoms with Gasteiger partial charge >= 0.3 is 0 Å². The molecule has 1 spiro atoms. The van der Waals surface area contributed by atoms with E-state index >= 15 is 0 Å². The fourth-order valence-electron chi connectivity index (χ4n) is 4.56. The van der Waals surface area contributed by atoms with Gasteiger partial charge < -0.3 is 19.5 Å². The van der Waals surface area contributed by atoms with Crippen LogP contribution in [0, 0.1) is 13.8 Å². The normalized spacial score (nSPS) is 20.1. The molecule has 5 rings (SSSR count). The molecule has 1 saturated heterocycles. The first kappa shape index (κ1) is 19.7. The van der Waals surface area contributed by atoms with Crippen molar-refractivity contribution in [2.75, 3.05) is 25.0 Å². The van der Waals surface area contributed by atoms with Crippen molar-refractivity contribution in [1.82, 2.24) is 20.0 Å². The van der Waals surface area contributed by atoms with E-state index in [2.05, 4.69) is 27.6 Å². The van der Waals surface area contributed by atoms with E-state index in [1.807, 2.05) is 29.3 Å². The minimum Gasteiger partial charge on any atom is -0.376 e. The van der Waals surface area contributed by atoms with Crippen LogP contribution in [-0.2, 0) is 23.3 Å². The quantitative estimate of drug-likeness (QED) is 0.695. The SMILES string of the molecule is Cc1noc(C)c1C(=O)N1CCC2(COCc3cnc(NCc4ccccc4)nc32)C1. The molecule has 0 bridgehead atoms. The topological polar surface area (TPSA) is 93.4 Å². The first-order valence-corrected chi connectivity index (χ1v) is 10.5. The van der Waals surface area contributed by atoms with Crippen molar-refractivity contribution in [2.24, 2.45) is 0 Å². The van der Waals surface area contributed by atoms with Gasteiger partial charge in [0, 0.05) is 31.4 Å². The van der Waals surface area contributed by atoms with E-state index in [0.29, 0.717) is 55.8 Å². The molecule has 2 aliphatic rings. The molecule has 8 heteroatoms. The minimum atomic E-state index is -0.325. The lowest BCUT2D eigenvalue weighted by atomic mass is 9.80. The van der Waals surface area contributed by atoms with Gasteiger partial charge in [0.1, 0.15) is 11.3 Å². The standard InChI is InChI=1S/C23H25N5O3/c1-15-19(16(2)31-27-15)21(29)28-9-8-23(13-28)14-30-12-18-11-25-22(26-20(18)23)24-10-17-6-4-3-5-7-17/h3-7,11H,8-10,12-14H2,1-2H3,(H,24,25,26). The summed E-state index contributed by atoms with van der Waals surface area (Å²) >= 11 is 0. The monoisotopic (exact) mass is 419 g/mol. The highest BCUT2D eigenvalue weighted by Crippen LogP contribution is 2.40. The van der Waals surface area contributed by atoms with Crippen LogP contribution in [0.2, 0.25) is 0 Å². The van der Waals surface area contributed by atoms with Gasteiger partial charge in [-0.2, -0.15) is 0 Å². The maximum absolute atomic E-state index is 13.2. The number of rotatable bonds is 4. The van der Waals surface area contributed by atoms with Crippen LogP contribution in [0.15, 0.2) is 41.1 Å². The molecular weight excluding hydrogens is 394 g/mol. The van der Waals surface area contributed by atoms with Crippen molar-refractivity contribution in [3.05, 3.63) is 70.4 Å². The Morgan fingerprint density at radius 3 is 2.87 bits per heavy atom. The van der Waals surface area contributed by atoms with Gasteiger partial charge in [0.15, 0.2) is 0 Å². The van der Waals surface area contributed by atoms with Crippen LogP contribution in [0.25, 0.3) is 0 Å². The van der Waals surface area contributed by atoms with E-state index in [1.165, 1.54) is 5.56 Å². The predicted octanol–water partition coefficient (Wildman–Crippen LogP) is 3.01. The molecule has 1 amide bonds. The van der Waals surface area contributed by atoms with E-state index in [1.54, 1.807) is 13.8 Å². The van der Waals surface area contributed by atoms with E-state index in [9.17, 15) is 4.79 Å². The Labute approximate surface area is 180 Å². The van der Waals surface area contributed by atoms with Crippen LogP contribution >= 0.6 is 0 Å². The number of nitrogens with one attached hydrogen (secondary N) is 1. The molecule has 0 radical (unpaired) electrons. The number of aromatic nitrogens is 3. The van der Waals surface area contributed by atoms with Gasteiger partial charge in [-0.05, 0) is 25.8 Å². The number of aryl methyl sites for hydroxylation is 2. The summed E-state index contributed by atoms with van der Waals surface area (Å²) in [4.78, 5) is 24.4. The Morgan fingerprint density at radius 2 is 2.10 bits per heavy atom. The molecule has 1 aromatic carbocycles. The molecule has 1 fully saturated rings. The van der Waals surface area contributed by atoms with Crippen molar-refractivity contribution in [3.63, 3.8) is 0 Å². The largest absolute Gasteiger partial charge is 0.376 e. The number of ether oxygens (including phenoxy) is 1. The molecule has 1 atom stereocenters. The van der Waals surface area contributed by atoms with Crippen LogP contribution in [0.1, 0.15) is 45.1 Å². The molecule has 0 saturated carbocycles. The second-order valence-corrected chi connectivity index (χ2v) is 8.36. The molecule has 1 N–H and O–H groups in total. The number of hydrogen-bond acceptors (Lipinski definition) is 7. The number of fused-ring (bicyclic) bond motifs is 2. The van der Waals surface area contributed by atoms with Crippen molar-refractivity contribution in [1.29, 1.82) is 0 Å². The number of carbonyl (C=O) groups excluding carboxylic acids is 1. The van der Waals surface area contributed by atoms with Crippen molar-refractivity contribution >= 4 is 11.9 Å². The highest BCUT2D eigenvalue weighted by Gasteiger charge is 2.47. The van der Waals surface area contributed by atoms with Crippen molar-refractivity contribution < 1.29 is 14.1 Å². The van der Waals surface area contributed by atoms with E-state index in [-0.39, 0.29) is 11.3 Å². The van der Waals surface area contributed by atoms with Crippen molar-refractivity contribution in [2.45, 2.75) is 38.8 Å². The molecular formula is C23H25N5O3. The Hall–Kier alpha value is -3.26. The number of nitrogens with zero attached hydrogens (tertiary/aromatic N) is 4. The van der Waals surface area contributed by atoms with Gasteiger partial charge in [-0.25, -0.2) is 9.97 Å². The van der Waals surface area contributed by atoms with Gasteiger partial charge in [-0.15, -0.1) is 0 Å². The fraction of sp³-hybridized carbons (Fsp3) is 0.391. The summed E-state index contributed by atoms with van der Waals surface area (Å²) in [6.07, 6.45) is 2.64. The highest BCUT2D eigenvalue weighted by atomic mass is 16.5. The zero-order valence-corrected chi connectivity index (χ0v) is 17.7. The summed E-state index contributed by atoms with van der Waals surface area (Å²) in [7, 11) is 0. The van der Waals surface area contributed by atoms with Crippen LogP contribution in [-0.4, -0.2) is 45.6 Å². The molecule has 8 nitrogen and oxygen atoms in total. The van der Waals surface area contributed by atoms with E-state index < -0.39 is 0 Å². The van der Waals surface area contributed by atoms with Gasteiger partial charge in [0.2, 0.25) is 5.95 Å². The maximum atomic E-state index is 13.2. The number of carbonyl (C=O) groups is 1. The van der Waals surface area contributed by atoms with Gasteiger partial charge in [0.05, 0.1) is 30.0 Å². The summed E-state index contributed by atoms with van der Waals surface area (Å²) in [5.41, 5.74) is 4.00. The average molecular weight is 419 g/mol. The first-order valence-electron chi connectivity index (χ1n) is 10.5. The number of anilines is 1. The zero-order valence-electron chi connectivity index (χ0n) is 17.7. The Morgan fingerprint density at radius 1 is 1.26 bits per heavy atom. The smallest absolute Gasteiger partial charge is 0.259 e. The van der Waals surface area contributed by atoms with Gasteiger partial charge in [-0.1, -0.05) is 35.5 Å². The van der Waals surface area contributed by atoms with Crippen LogP contribution in [0.3, 0.4) is 0 Å². The molecule has 160 valence electrons. The number of benzene rings is 1. The van der Waals surface area contributed by atoms with Gasteiger partial charge in [0.25, 0.3) is 5.91 Å². The fourth-order valence-corrected chi connectivity index (χ4v) is 4.56. The lowest BCUT2D eigenvalue weighted by molar-refractivity contribution is 0.0484. The molecule has 4 heterocycles. The van der Waals surface area contributed by atoms with E-state index in [4.69, 9.17) is 14.2 Å². The van der Waals surface area contributed by atoms with Crippen LogP contribution in [0.5, 0.6) is 0 Å². The summed E-state index contributed by atoms with van der Waals surface area (Å²) in [5.74, 6) is 1.11. The molecule has 2 aromatic heterocycles. The summed E-state index contributed by atoms with van der Waals surface area (Å²) in [5, 5.41) is 7.25. The summed E-state index contributed by atoms with van der Waals surface area (Å²) < 4.78 is 11.1. The number of likely N-dealkylation sites (tertiary alicyclic amines) is 1. The predicted molar refractivity (Wildman–Crippen MR) is 114 cm³/mol. The molecule has 31 heavy (non-hydrogen) atoms. The Bertz CT molecular complexity index is 1090. The Balaban J connectivity index is 1.38. The molecule has 0 aliphatic carbocycles. The lowest BCUT2D eigenvalue weighted by Gasteiger charge is -2.34. The number of amides is 1. The lowest BCUT2D eigenvalue weighted by Crippen LogP contribution is -2.42. The summed E-state index contributed by atoms with van der Waals surface area (Å²) in [6, 6.07) is 10.2. The molecule has 1 unspecified atom stereocenters. The zero-order chi connectivity index (χ0) is 21.4. The first-order chi connectivity index (χ1) is 15.1. The molecule has 3 aromatic rings. The third-order valence-electron chi connectivity index (χ3n) is 6.18. The van der Waals surface area contributed by atoms with Crippen LogP contribution in [0.4, 0.5) is 5.95 Å². The number of hydrogen-bond donors (Lipinski definition) is 1. The molecule has 2 aliphatic heterocycles. The Kier molecular flexibility index (Phi) is 4.94.